The van der Waals surface area contributed by atoms with Gasteiger partial charge in [0.1, 0.15) is 11.5 Å². The summed E-state index contributed by atoms with van der Waals surface area (Å²) in [4.78, 5) is 4.46. The number of benzene rings is 1. The average molecular weight is 183 g/mol. The monoisotopic (exact) mass is 183 g/mol. The van der Waals surface area contributed by atoms with E-state index in [9.17, 15) is 0 Å². The minimum absolute atomic E-state index is 0.189. The maximum atomic E-state index is 9.16. The van der Waals surface area contributed by atoms with Gasteiger partial charge in [0.15, 0.2) is 0 Å². The number of phenolic OH excluding ortho intramolecular Hbond substituents is 1. The second-order valence-corrected chi connectivity index (χ2v) is 2.62. The molecule has 0 unspecified atom stereocenters. The van der Waals surface area contributed by atoms with Gasteiger partial charge in [0.2, 0.25) is 0 Å². The van der Waals surface area contributed by atoms with Gasteiger partial charge >= 0.3 is 0 Å². The Labute approximate surface area is 76.8 Å². The van der Waals surface area contributed by atoms with Crippen LogP contribution in [0.25, 0.3) is 0 Å². The molecule has 0 aliphatic carbocycles. The number of aromatic hydroxyl groups is 1. The predicted octanol–water partition coefficient (Wildman–Crippen LogP) is 0.834. The van der Waals surface area contributed by atoms with E-state index in [-0.39, 0.29) is 5.75 Å². The Morgan fingerprint density at radius 1 is 1.46 bits per heavy atom. The number of ether oxygens (including phenoxy) is 1. The third-order valence-corrected chi connectivity index (χ3v) is 1.76. The lowest BCUT2D eigenvalue weighted by atomic mass is 10.1. The predicted molar refractivity (Wildman–Crippen MR) is 48.5 cm³/mol. The van der Waals surface area contributed by atoms with Gasteiger partial charge < -0.3 is 14.7 Å². The van der Waals surface area contributed by atoms with Crippen LogP contribution in [0.3, 0.4) is 0 Å². The first-order valence-electron chi connectivity index (χ1n) is 3.95. The fraction of sp³-hybridized carbons (Fsp3) is 0.333. The minimum Gasteiger partial charge on any atom is -0.508 e. The molecule has 0 bridgehead atoms. The smallest absolute Gasteiger partial charge is 0.125 e. The van der Waals surface area contributed by atoms with Gasteiger partial charge in [0.05, 0.1) is 13.7 Å². The Hall–Kier alpha value is -1.26. The van der Waals surface area contributed by atoms with E-state index in [1.807, 2.05) is 0 Å². The van der Waals surface area contributed by atoms with Gasteiger partial charge in [0.25, 0.3) is 0 Å². The number of phenols is 1. The molecule has 0 fully saturated rings. The molecule has 1 aromatic carbocycles. The molecule has 0 aromatic heterocycles. The molecule has 0 atom stereocenters. The van der Waals surface area contributed by atoms with Gasteiger partial charge in [0, 0.05) is 12.5 Å². The zero-order valence-electron chi connectivity index (χ0n) is 7.49. The zero-order valence-corrected chi connectivity index (χ0v) is 7.49. The Balaban J connectivity index is 2.79. The Bertz CT molecular complexity index is 276. The molecule has 13 heavy (non-hydrogen) atoms. The van der Waals surface area contributed by atoms with Crippen LogP contribution in [0.15, 0.2) is 18.2 Å². The number of rotatable bonds is 4. The van der Waals surface area contributed by atoms with Crippen LogP contribution in [0.5, 0.6) is 11.5 Å². The molecule has 0 heterocycles. The lowest BCUT2D eigenvalue weighted by Gasteiger charge is -2.07. The van der Waals surface area contributed by atoms with Crippen molar-refractivity contribution in [3.63, 3.8) is 0 Å². The molecular weight excluding hydrogens is 170 g/mol. The van der Waals surface area contributed by atoms with E-state index in [2.05, 4.69) is 4.84 Å². The summed E-state index contributed by atoms with van der Waals surface area (Å²) in [7, 11) is 1.56. The molecule has 72 valence electrons. The van der Waals surface area contributed by atoms with Gasteiger partial charge in [-0.1, -0.05) is 6.07 Å². The quantitative estimate of drug-likeness (QED) is 0.679. The van der Waals surface area contributed by atoms with Crippen molar-refractivity contribution in [1.29, 1.82) is 0 Å². The summed E-state index contributed by atoms with van der Waals surface area (Å²) in [5.41, 5.74) is 0.964. The minimum atomic E-state index is 0.189. The highest BCUT2D eigenvalue weighted by molar-refractivity contribution is 5.40. The van der Waals surface area contributed by atoms with Crippen LogP contribution in [0.4, 0.5) is 0 Å². The third kappa shape index (κ3) is 2.61. The van der Waals surface area contributed by atoms with Crippen molar-refractivity contribution in [2.75, 3.05) is 13.7 Å². The summed E-state index contributed by atoms with van der Waals surface area (Å²) < 4.78 is 5.07. The van der Waals surface area contributed by atoms with Crippen molar-refractivity contribution < 1.29 is 14.7 Å². The summed E-state index contributed by atoms with van der Waals surface area (Å²) in [6.07, 6.45) is 0.667. The number of hydrogen-bond acceptors (Lipinski definition) is 4. The molecule has 0 spiro atoms. The topological polar surface area (TPSA) is 64.7 Å². The van der Waals surface area contributed by atoms with E-state index in [4.69, 9.17) is 15.7 Å². The molecule has 0 aliphatic rings. The molecule has 0 aliphatic heterocycles. The van der Waals surface area contributed by atoms with Crippen LogP contribution in [0.2, 0.25) is 0 Å². The molecule has 0 amide bonds. The van der Waals surface area contributed by atoms with E-state index in [0.29, 0.717) is 18.8 Å². The van der Waals surface area contributed by atoms with Crippen molar-refractivity contribution in [2.45, 2.75) is 6.42 Å². The summed E-state index contributed by atoms with van der Waals surface area (Å²) in [5.74, 6) is 5.75. The first-order chi connectivity index (χ1) is 6.27. The lowest BCUT2D eigenvalue weighted by Crippen LogP contribution is -2.04. The molecule has 4 heteroatoms. The van der Waals surface area contributed by atoms with Crippen molar-refractivity contribution >= 4 is 0 Å². The van der Waals surface area contributed by atoms with Crippen molar-refractivity contribution in [1.82, 2.24) is 0 Å². The van der Waals surface area contributed by atoms with Crippen LogP contribution >= 0.6 is 0 Å². The number of methoxy groups -OCH3 is 1. The van der Waals surface area contributed by atoms with Crippen molar-refractivity contribution in [3.05, 3.63) is 23.8 Å². The van der Waals surface area contributed by atoms with E-state index < -0.39 is 0 Å². The van der Waals surface area contributed by atoms with Gasteiger partial charge in [-0.25, -0.2) is 5.90 Å². The second kappa shape index (κ2) is 4.69. The average Bonchev–Trinajstić information content (AvgIpc) is 2.16. The summed E-state index contributed by atoms with van der Waals surface area (Å²) in [6, 6.07) is 4.95. The second-order valence-electron chi connectivity index (χ2n) is 2.62. The fourth-order valence-electron chi connectivity index (χ4n) is 1.11. The van der Waals surface area contributed by atoms with Gasteiger partial charge in [-0.05, 0) is 11.6 Å². The molecule has 0 saturated heterocycles. The normalized spacial score (nSPS) is 10.0. The van der Waals surface area contributed by atoms with Gasteiger partial charge in [-0.3, -0.25) is 0 Å². The van der Waals surface area contributed by atoms with Crippen LogP contribution in [0.1, 0.15) is 5.56 Å². The largest absolute Gasteiger partial charge is 0.508 e. The molecular formula is C9H13NO3. The standard InChI is InChI=1S/C9H13NO3/c1-12-9-6-8(11)3-2-7(9)4-5-13-10/h2-3,6,11H,4-5,10H2,1H3. The van der Waals surface area contributed by atoms with Gasteiger partial charge in [-0.15, -0.1) is 0 Å². The molecule has 0 radical (unpaired) electrons. The first kappa shape index (κ1) is 9.83. The summed E-state index contributed by atoms with van der Waals surface area (Å²) in [6.45, 7) is 0.432. The molecule has 4 nitrogen and oxygen atoms in total. The highest BCUT2D eigenvalue weighted by Crippen LogP contribution is 2.23. The number of hydrogen-bond donors (Lipinski definition) is 2. The van der Waals surface area contributed by atoms with E-state index in [1.165, 1.54) is 0 Å². The van der Waals surface area contributed by atoms with Crippen LogP contribution in [0, 0.1) is 0 Å². The van der Waals surface area contributed by atoms with Crippen LogP contribution in [-0.2, 0) is 11.3 Å². The third-order valence-electron chi connectivity index (χ3n) is 1.76. The first-order valence-corrected chi connectivity index (χ1v) is 3.95. The Morgan fingerprint density at radius 2 is 2.23 bits per heavy atom. The highest BCUT2D eigenvalue weighted by Gasteiger charge is 2.03. The zero-order chi connectivity index (χ0) is 9.68. The van der Waals surface area contributed by atoms with E-state index in [1.54, 1.807) is 25.3 Å². The maximum Gasteiger partial charge on any atom is 0.125 e. The van der Waals surface area contributed by atoms with E-state index in [0.717, 1.165) is 5.56 Å². The Morgan fingerprint density at radius 3 is 2.85 bits per heavy atom. The lowest BCUT2D eigenvalue weighted by molar-refractivity contribution is 0.140. The van der Waals surface area contributed by atoms with Gasteiger partial charge in [-0.2, -0.15) is 0 Å². The highest BCUT2D eigenvalue weighted by atomic mass is 16.6. The van der Waals surface area contributed by atoms with Crippen molar-refractivity contribution in [2.24, 2.45) is 5.90 Å². The maximum absolute atomic E-state index is 9.16. The molecule has 3 N–H and O–H groups in total. The van der Waals surface area contributed by atoms with Crippen molar-refractivity contribution in [3.8, 4) is 11.5 Å². The number of nitrogens with two attached hydrogens (primary N) is 1. The fourth-order valence-corrected chi connectivity index (χ4v) is 1.11. The SMILES string of the molecule is COc1cc(O)ccc1CCON. The summed E-state index contributed by atoms with van der Waals surface area (Å²) >= 11 is 0. The van der Waals surface area contributed by atoms with E-state index >= 15 is 0 Å². The molecule has 0 saturated carbocycles. The Kier molecular flexibility index (Phi) is 3.54. The molecule has 1 aromatic rings. The van der Waals surface area contributed by atoms with Crippen LogP contribution in [-0.4, -0.2) is 18.8 Å². The summed E-state index contributed by atoms with van der Waals surface area (Å²) in [5, 5.41) is 9.16. The van der Waals surface area contributed by atoms with Crippen LogP contribution < -0.4 is 10.6 Å². The molecule has 1 rings (SSSR count).